The van der Waals surface area contributed by atoms with Crippen molar-refractivity contribution < 1.29 is 22.8 Å². The summed E-state index contributed by atoms with van der Waals surface area (Å²) >= 11 is 5.94. The molecule has 0 bridgehead atoms. The normalized spacial score (nSPS) is 18.6. The van der Waals surface area contributed by atoms with Crippen LogP contribution in [-0.4, -0.2) is 57.6 Å². The molecule has 2 saturated heterocycles. The van der Waals surface area contributed by atoms with E-state index < -0.39 is 17.7 Å². The largest absolute Gasteiger partial charge is 0.417 e. The molecule has 2 aliphatic heterocycles. The molecule has 0 aromatic carbocycles. The molecular weight excluding hydrogens is 483 g/mol. The maximum Gasteiger partial charge on any atom is 0.417 e. The third kappa shape index (κ3) is 6.10. The summed E-state index contributed by atoms with van der Waals surface area (Å²) < 4.78 is 38.5. The summed E-state index contributed by atoms with van der Waals surface area (Å²) in [5.74, 6) is -0.247. The number of rotatable bonds is 5. The van der Waals surface area contributed by atoms with E-state index in [1.54, 1.807) is 11.1 Å². The second kappa shape index (κ2) is 10.5. The predicted molar refractivity (Wildman–Crippen MR) is 125 cm³/mol. The fraction of sp³-hybridized carbons (Fsp3) is 0.500. The number of ketones is 1. The van der Waals surface area contributed by atoms with Crippen molar-refractivity contribution >= 4 is 29.1 Å². The van der Waals surface area contributed by atoms with Gasteiger partial charge in [0.25, 0.3) is 0 Å². The van der Waals surface area contributed by atoms with Crippen molar-refractivity contribution in [2.45, 2.75) is 38.4 Å². The Morgan fingerprint density at radius 3 is 2.29 bits per heavy atom. The third-order valence-electron chi connectivity index (χ3n) is 6.77. The van der Waals surface area contributed by atoms with Crippen LogP contribution in [0.25, 0.3) is 0 Å². The van der Waals surface area contributed by atoms with Gasteiger partial charge in [-0.05, 0) is 62.5 Å². The molecule has 0 saturated carbocycles. The highest BCUT2D eigenvalue weighted by Crippen LogP contribution is 2.33. The van der Waals surface area contributed by atoms with E-state index in [9.17, 15) is 22.8 Å². The van der Waals surface area contributed by atoms with Gasteiger partial charge in [0.1, 0.15) is 11.5 Å². The van der Waals surface area contributed by atoms with E-state index in [0.29, 0.717) is 37.9 Å². The van der Waals surface area contributed by atoms with Gasteiger partial charge in [0.2, 0.25) is 5.91 Å². The van der Waals surface area contributed by atoms with Crippen LogP contribution in [0.5, 0.6) is 0 Å². The second-order valence-electron chi connectivity index (χ2n) is 9.16. The van der Waals surface area contributed by atoms with E-state index >= 15 is 0 Å². The van der Waals surface area contributed by atoms with Crippen LogP contribution in [0.3, 0.4) is 0 Å². The zero-order valence-electron chi connectivity index (χ0n) is 19.1. The molecule has 2 fully saturated rings. The first-order valence-corrected chi connectivity index (χ1v) is 12.0. The molecule has 0 radical (unpaired) electrons. The molecule has 2 aromatic rings. The number of halogens is 4. The van der Waals surface area contributed by atoms with Crippen LogP contribution in [0.2, 0.25) is 5.02 Å². The Morgan fingerprint density at radius 1 is 1.03 bits per heavy atom. The Kier molecular flexibility index (Phi) is 7.61. The number of nitrogens with two attached hydrogens (primary N) is 1. The summed E-state index contributed by atoms with van der Waals surface area (Å²) in [5.41, 5.74) is 5.70. The lowest BCUT2D eigenvalue weighted by Crippen LogP contribution is -2.46. The molecule has 4 heterocycles. The third-order valence-corrected chi connectivity index (χ3v) is 7.06. The highest BCUT2D eigenvalue weighted by molar-refractivity contribution is 6.33. The van der Waals surface area contributed by atoms with E-state index in [-0.39, 0.29) is 28.3 Å². The van der Waals surface area contributed by atoms with Crippen LogP contribution in [0.15, 0.2) is 30.6 Å². The summed E-state index contributed by atoms with van der Waals surface area (Å²) in [6.45, 7) is 3.26. The molecule has 35 heavy (non-hydrogen) atoms. The molecule has 0 unspecified atom stereocenters. The number of carbonyl (C=O) groups excluding carboxylic acids is 2. The van der Waals surface area contributed by atoms with Crippen molar-refractivity contribution in [2.75, 3.05) is 31.9 Å². The summed E-state index contributed by atoms with van der Waals surface area (Å²) in [5, 5.41) is -0.301. The highest BCUT2D eigenvalue weighted by atomic mass is 35.5. The van der Waals surface area contributed by atoms with Crippen LogP contribution >= 0.6 is 11.6 Å². The molecule has 2 aliphatic rings. The lowest BCUT2D eigenvalue weighted by Gasteiger charge is -2.37. The van der Waals surface area contributed by atoms with Gasteiger partial charge in [0.05, 0.1) is 10.6 Å². The van der Waals surface area contributed by atoms with Crippen molar-refractivity contribution in [3.63, 3.8) is 0 Å². The molecule has 0 aliphatic carbocycles. The van der Waals surface area contributed by atoms with Crippen molar-refractivity contribution in [2.24, 2.45) is 11.8 Å². The summed E-state index contributed by atoms with van der Waals surface area (Å²) in [7, 11) is 0. The summed E-state index contributed by atoms with van der Waals surface area (Å²) in [6, 6.07) is 4.53. The first-order valence-electron chi connectivity index (χ1n) is 11.6. The minimum Gasteiger partial charge on any atom is -0.384 e. The Balaban J connectivity index is 1.26. The number of amides is 1. The molecule has 1 amide bonds. The number of piperidine rings is 2. The average Bonchev–Trinajstić information content (AvgIpc) is 2.83. The zero-order valence-corrected chi connectivity index (χ0v) is 19.9. The van der Waals surface area contributed by atoms with Gasteiger partial charge in [-0.15, -0.1) is 0 Å². The van der Waals surface area contributed by atoms with Crippen molar-refractivity contribution in [3.05, 3.63) is 52.4 Å². The molecule has 2 aromatic heterocycles. The lowest BCUT2D eigenvalue weighted by atomic mass is 9.88. The number of Topliss-reactive ketones (excluding diaryl/α,β-unsaturated/α-hetero) is 1. The van der Waals surface area contributed by atoms with Gasteiger partial charge in [-0.3, -0.25) is 19.5 Å². The molecule has 188 valence electrons. The van der Waals surface area contributed by atoms with Gasteiger partial charge in [-0.25, -0.2) is 4.98 Å². The van der Waals surface area contributed by atoms with Gasteiger partial charge in [0, 0.05) is 43.9 Å². The minimum atomic E-state index is -4.58. The van der Waals surface area contributed by atoms with E-state index in [4.69, 9.17) is 17.3 Å². The van der Waals surface area contributed by atoms with Gasteiger partial charge >= 0.3 is 6.18 Å². The van der Waals surface area contributed by atoms with E-state index in [0.717, 1.165) is 44.1 Å². The topological polar surface area (TPSA) is 92.4 Å². The van der Waals surface area contributed by atoms with Crippen molar-refractivity contribution in [1.82, 2.24) is 19.8 Å². The number of carbonyl (C=O) groups is 2. The van der Waals surface area contributed by atoms with Gasteiger partial charge in [-0.1, -0.05) is 11.6 Å². The van der Waals surface area contributed by atoms with E-state index in [1.165, 1.54) is 0 Å². The molecule has 0 spiro atoms. The number of pyridine rings is 2. The zero-order chi connectivity index (χ0) is 25.2. The van der Waals surface area contributed by atoms with Crippen LogP contribution in [0.1, 0.15) is 47.3 Å². The number of hydrogen-bond acceptors (Lipinski definition) is 6. The molecule has 2 N–H and O–H groups in total. The van der Waals surface area contributed by atoms with Crippen LogP contribution in [0.4, 0.5) is 19.0 Å². The smallest absolute Gasteiger partial charge is 0.384 e. The maximum absolute atomic E-state index is 13.1. The number of hydrogen-bond donors (Lipinski definition) is 1. The minimum absolute atomic E-state index is 0.0490. The van der Waals surface area contributed by atoms with Gasteiger partial charge < -0.3 is 10.6 Å². The summed E-state index contributed by atoms with van der Waals surface area (Å²) in [6.07, 6.45) is 0.155. The SMILES string of the molecule is Nc1cc(CN2CCC(C(=O)N3CCC(C(=O)c4ncc(C(F)(F)F)cc4Cl)CC3)CC2)ccn1. The van der Waals surface area contributed by atoms with Gasteiger partial charge in [-0.2, -0.15) is 13.2 Å². The number of anilines is 1. The highest BCUT2D eigenvalue weighted by Gasteiger charge is 2.35. The second-order valence-corrected chi connectivity index (χ2v) is 9.56. The monoisotopic (exact) mass is 509 g/mol. The summed E-state index contributed by atoms with van der Waals surface area (Å²) in [4.78, 5) is 37.7. The molecular formula is C24H27ClF3N5O2. The van der Waals surface area contributed by atoms with Crippen molar-refractivity contribution in [3.8, 4) is 0 Å². The first-order chi connectivity index (χ1) is 16.6. The fourth-order valence-electron chi connectivity index (χ4n) is 4.78. The Bertz CT molecular complexity index is 1080. The van der Waals surface area contributed by atoms with Crippen LogP contribution in [0, 0.1) is 11.8 Å². The number of nitrogens with zero attached hydrogens (tertiary/aromatic N) is 4. The fourth-order valence-corrected chi connectivity index (χ4v) is 5.04. The number of aromatic nitrogens is 2. The molecule has 7 nitrogen and oxygen atoms in total. The number of alkyl halides is 3. The Labute approximate surface area is 206 Å². The molecule has 0 atom stereocenters. The number of nitrogen functional groups attached to an aromatic ring is 1. The average molecular weight is 510 g/mol. The van der Waals surface area contributed by atoms with Gasteiger partial charge in [0.15, 0.2) is 5.78 Å². The standard InChI is InChI=1S/C24H27ClF3N5O2/c25-19-12-18(24(26,27)28)13-31-21(19)22(34)16-4-9-33(10-5-16)23(35)17-2-7-32(8-3-17)14-15-1-6-30-20(29)11-15/h1,6,11-13,16-17H,2-5,7-10,14H2,(H2,29,30). The molecule has 4 rings (SSSR count). The number of likely N-dealkylation sites (tertiary alicyclic amines) is 2. The Morgan fingerprint density at radius 2 is 1.69 bits per heavy atom. The maximum atomic E-state index is 13.1. The van der Waals surface area contributed by atoms with E-state index in [1.807, 2.05) is 12.1 Å². The van der Waals surface area contributed by atoms with Crippen LogP contribution < -0.4 is 5.73 Å². The van der Waals surface area contributed by atoms with E-state index in [2.05, 4.69) is 14.9 Å². The van der Waals surface area contributed by atoms with Crippen LogP contribution in [-0.2, 0) is 17.5 Å². The Hall–Kier alpha value is -2.72. The lowest BCUT2D eigenvalue weighted by molar-refractivity contribution is -0.138. The molecule has 11 heteroatoms. The van der Waals surface area contributed by atoms with Crippen molar-refractivity contribution in [1.29, 1.82) is 0 Å². The first kappa shape index (κ1) is 25.4. The quantitative estimate of drug-likeness (QED) is 0.611. The predicted octanol–water partition coefficient (Wildman–Crippen LogP) is 4.06.